The van der Waals surface area contributed by atoms with Crippen molar-refractivity contribution in [1.29, 1.82) is 0 Å². The Hall–Kier alpha value is -3.17. The highest BCUT2D eigenvalue weighted by Crippen LogP contribution is 2.36. The van der Waals surface area contributed by atoms with E-state index >= 15 is 0 Å². The Morgan fingerprint density at radius 3 is 2.68 bits per heavy atom. The molecule has 4 rings (SSSR count). The molecular formula is C21H21F3N4O3. The van der Waals surface area contributed by atoms with Crippen molar-refractivity contribution in [2.75, 3.05) is 18.1 Å². The van der Waals surface area contributed by atoms with E-state index < -0.39 is 12.8 Å². The number of fused-ring (bicyclic) bond motifs is 1. The van der Waals surface area contributed by atoms with Crippen LogP contribution in [0.25, 0.3) is 0 Å². The monoisotopic (exact) mass is 434 g/mol. The maximum atomic E-state index is 13.0. The van der Waals surface area contributed by atoms with Gasteiger partial charge >= 0.3 is 6.18 Å². The molecule has 7 nitrogen and oxygen atoms in total. The molecule has 2 aromatic rings. The van der Waals surface area contributed by atoms with Gasteiger partial charge in [0.25, 0.3) is 5.91 Å². The third-order valence-electron chi connectivity index (χ3n) is 5.56. The Bertz CT molecular complexity index is 1040. The van der Waals surface area contributed by atoms with Crippen LogP contribution < -0.4 is 9.64 Å². The maximum absolute atomic E-state index is 13.0. The molecule has 1 fully saturated rings. The average molecular weight is 434 g/mol. The summed E-state index contributed by atoms with van der Waals surface area (Å²) in [5.74, 6) is 0.235. The van der Waals surface area contributed by atoms with Crippen molar-refractivity contribution in [3.05, 3.63) is 46.8 Å². The zero-order valence-electron chi connectivity index (χ0n) is 17.1. The number of carbonyl (C=O) groups is 2. The predicted octanol–water partition coefficient (Wildman–Crippen LogP) is 3.57. The van der Waals surface area contributed by atoms with Crippen molar-refractivity contribution in [1.82, 2.24) is 14.9 Å². The summed E-state index contributed by atoms with van der Waals surface area (Å²) >= 11 is 0. The molecule has 2 aliphatic rings. The third-order valence-corrected chi connectivity index (χ3v) is 5.56. The zero-order valence-corrected chi connectivity index (χ0v) is 17.1. The van der Waals surface area contributed by atoms with Crippen molar-refractivity contribution >= 4 is 17.6 Å². The second kappa shape index (κ2) is 7.82. The molecule has 0 bridgehead atoms. The van der Waals surface area contributed by atoms with Gasteiger partial charge in [-0.2, -0.15) is 13.2 Å². The molecule has 1 unspecified atom stereocenters. The molecule has 1 saturated heterocycles. The molecule has 2 amide bonds. The van der Waals surface area contributed by atoms with Gasteiger partial charge in [0.05, 0.1) is 12.6 Å². The minimum atomic E-state index is -4.45. The van der Waals surface area contributed by atoms with E-state index in [1.54, 1.807) is 28.9 Å². The van der Waals surface area contributed by atoms with Crippen LogP contribution in [0.5, 0.6) is 5.88 Å². The molecule has 0 radical (unpaired) electrons. The summed E-state index contributed by atoms with van der Waals surface area (Å²) in [6, 6.07) is 2.93. The van der Waals surface area contributed by atoms with Gasteiger partial charge < -0.3 is 9.64 Å². The van der Waals surface area contributed by atoms with Gasteiger partial charge in [0.1, 0.15) is 5.82 Å². The van der Waals surface area contributed by atoms with Gasteiger partial charge in [0, 0.05) is 42.0 Å². The van der Waals surface area contributed by atoms with Crippen LogP contribution in [-0.4, -0.2) is 46.0 Å². The maximum Gasteiger partial charge on any atom is 0.422 e. The fourth-order valence-electron chi connectivity index (χ4n) is 3.95. The quantitative estimate of drug-likeness (QED) is 0.719. The van der Waals surface area contributed by atoms with Gasteiger partial charge in [-0.1, -0.05) is 0 Å². The van der Waals surface area contributed by atoms with Crippen molar-refractivity contribution in [3.63, 3.8) is 0 Å². The molecule has 2 aromatic heterocycles. The number of carbonyl (C=O) groups excluding carboxylic acids is 2. The summed E-state index contributed by atoms with van der Waals surface area (Å²) in [7, 11) is 0. The highest BCUT2D eigenvalue weighted by Gasteiger charge is 2.36. The summed E-state index contributed by atoms with van der Waals surface area (Å²) in [5, 5.41) is 0. The topological polar surface area (TPSA) is 75.6 Å². The molecule has 10 heteroatoms. The lowest BCUT2D eigenvalue weighted by atomic mass is 10.1. The van der Waals surface area contributed by atoms with Crippen LogP contribution in [0.15, 0.2) is 24.5 Å². The number of anilines is 1. The number of aromatic nitrogens is 2. The Morgan fingerprint density at radius 1 is 1.26 bits per heavy atom. The van der Waals surface area contributed by atoms with E-state index in [-0.39, 0.29) is 30.3 Å². The number of halogens is 3. The van der Waals surface area contributed by atoms with Crippen molar-refractivity contribution in [2.24, 2.45) is 0 Å². The van der Waals surface area contributed by atoms with Crippen LogP contribution in [0.2, 0.25) is 0 Å². The number of alkyl halides is 3. The largest absolute Gasteiger partial charge is 0.468 e. The molecule has 1 atom stereocenters. The van der Waals surface area contributed by atoms with E-state index in [9.17, 15) is 22.8 Å². The minimum Gasteiger partial charge on any atom is -0.468 e. The first-order valence-electron chi connectivity index (χ1n) is 9.91. The molecule has 4 heterocycles. The Morgan fingerprint density at radius 2 is 2.03 bits per heavy atom. The van der Waals surface area contributed by atoms with E-state index in [1.807, 2.05) is 6.92 Å². The van der Waals surface area contributed by atoms with Gasteiger partial charge in [0.15, 0.2) is 6.61 Å². The van der Waals surface area contributed by atoms with Crippen molar-refractivity contribution < 1.29 is 27.5 Å². The number of ether oxygens (including phenoxy) is 1. The summed E-state index contributed by atoms with van der Waals surface area (Å²) in [6.45, 7) is 2.88. The van der Waals surface area contributed by atoms with Gasteiger partial charge in [-0.25, -0.2) is 9.97 Å². The van der Waals surface area contributed by atoms with Crippen LogP contribution in [0.1, 0.15) is 52.9 Å². The molecule has 0 N–H and O–H groups in total. The molecule has 0 saturated carbocycles. The van der Waals surface area contributed by atoms with E-state index in [0.29, 0.717) is 41.0 Å². The van der Waals surface area contributed by atoms with Crippen LogP contribution >= 0.6 is 0 Å². The van der Waals surface area contributed by atoms with Crippen LogP contribution in [0.3, 0.4) is 0 Å². The first-order chi connectivity index (χ1) is 14.7. The van der Waals surface area contributed by atoms with Gasteiger partial charge in [0.2, 0.25) is 11.8 Å². The second-order valence-corrected chi connectivity index (χ2v) is 7.71. The number of aryl methyl sites for hydroxylation is 1. The first-order valence-corrected chi connectivity index (χ1v) is 9.91. The highest BCUT2D eigenvalue weighted by molar-refractivity contribution is 6.02. The lowest BCUT2D eigenvalue weighted by Crippen LogP contribution is -2.28. The first kappa shape index (κ1) is 21.1. The smallest absolute Gasteiger partial charge is 0.422 e. The number of nitrogens with zero attached hydrogens (tertiary/aromatic N) is 4. The molecular weight excluding hydrogens is 413 g/mol. The molecule has 0 aliphatic carbocycles. The van der Waals surface area contributed by atoms with E-state index in [1.165, 1.54) is 12.4 Å². The fourth-order valence-corrected chi connectivity index (χ4v) is 3.95. The molecule has 0 spiro atoms. The van der Waals surface area contributed by atoms with Crippen LogP contribution in [0.4, 0.5) is 19.0 Å². The van der Waals surface area contributed by atoms with Crippen molar-refractivity contribution in [2.45, 2.75) is 45.5 Å². The number of rotatable bonds is 5. The Labute approximate surface area is 176 Å². The third kappa shape index (κ3) is 4.06. The number of amides is 2. The summed E-state index contributed by atoms with van der Waals surface area (Å²) in [6.07, 6.45) is -0.275. The molecule has 0 aromatic carbocycles. The normalized spacial score (nSPS) is 17.3. The van der Waals surface area contributed by atoms with Gasteiger partial charge in [-0.3, -0.25) is 14.5 Å². The van der Waals surface area contributed by atoms with Crippen LogP contribution in [-0.2, 0) is 11.3 Å². The highest BCUT2D eigenvalue weighted by atomic mass is 19.4. The lowest BCUT2D eigenvalue weighted by molar-refractivity contribution is -0.154. The van der Waals surface area contributed by atoms with E-state index in [0.717, 1.165) is 6.42 Å². The lowest BCUT2D eigenvalue weighted by Gasteiger charge is -2.25. The summed E-state index contributed by atoms with van der Waals surface area (Å²) < 4.78 is 42.0. The predicted molar refractivity (Wildman–Crippen MR) is 105 cm³/mol. The van der Waals surface area contributed by atoms with E-state index in [2.05, 4.69) is 9.97 Å². The molecule has 31 heavy (non-hydrogen) atoms. The van der Waals surface area contributed by atoms with Crippen molar-refractivity contribution in [3.8, 4) is 5.88 Å². The van der Waals surface area contributed by atoms with E-state index in [4.69, 9.17) is 4.74 Å². The molecule has 164 valence electrons. The van der Waals surface area contributed by atoms with Gasteiger partial charge in [-0.15, -0.1) is 0 Å². The minimum absolute atomic E-state index is 0.00545. The Balaban J connectivity index is 1.55. The average Bonchev–Trinajstić information content (AvgIpc) is 3.29. The van der Waals surface area contributed by atoms with Gasteiger partial charge in [-0.05, 0) is 38.0 Å². The standard InChI is InChI=1S/C21H21F3N4O3/c1-12-8-14(9-26-19(12)31-11-21(22,23)24)13(2)28-10-16-15(20(28)30)5-6-25-18(16)27-7-3-4-17(27)29/h5-6,8-9,13H,3-4,7,10-11H2,1-2H3. The van der Waals surface area contributed by atoms with Crippen LogP contribution in [0, 0.1) is 6.92 Å². The summed E-state index contributed by atoms with van der Waals surface area (Å²) in [5.41, 5.74) is 2.34. The summed E-state index contributed by atoms with van der Waals surface area (Å²) in [4.78, 5) is 36.9. The Kier molecular flexibility index (Phi) is 5.32. The fraction of sp³-hybridized carbons (Fsp3) is 0.429. The molecule has 2 aliphatic heterocycles. The zero-order chi connectivity index (χ0) is 22.3. The number of hydrogen-bond donors (Lipinski definition) is 0. The SMILES string of the molecule is Cc1cc(C(C)N2Cc3c(ccnc3N3CCCC3=O)C2=O)cnc1OCC(F)(F)F. The number of hydrogen-bond acceptors (Lipinski definition) is 5. The second-order valence-electron chi connectivity index (χ2n) is 7.71. The number of pyridine rings is 2.